The molecule has 0 aliphatic carbocycles. The van der Waals surface area contributed by atoms with Gasteiger partial charge in [0.05, 0.1) is 4.90 Å². The second kappa shape index (κ2) is 12.3. The lowest BCUT2D eigenvalue weighted by Crippen LogP contribution is -2.52. The van der Waals surface area contributed by atoms with E-state index in [2.05, 4.69) is 15.0 Å². The predicted molar refractivity (Wildman–Crippen MR) is 164 cm³/mol. The highest BCUT2D eigenvalue weighted by Gasteiger charge is 2.44. The minimum Gasteiger partial charge on any atom is -0.450 e. The Bertz CT molecular complexity index is 1720. The van der Waals surface area contributed by atoms with Crippen molar-refractivity contribution in [3.63, 3.8) is 0 Å². The number of aromatic nitrogens is 2. The number of ether oxygens (including phenoxy) is 1. The van der Waals surface area contributed by atoms with Gasteiger partial charge in [0.1, 0.15) is 6.10 Å². The predicted octanol–water partition coefficient (Wildman–Crippen LogP) is 5.54. The molecule has 2 aliphatic rings. The Kier molecular flexibility index (Phi) is 8.47. The van der Waals surface area contributed by atoms with Crippen LogP contribution in [0.5, 0.6) is 0 Å². The molecule has 0 spiro atoms. The van der Waals surface area contributed by atoms with Gasteiger partial charge in [-0.2, -0.15) is 9.29 Å². The van der Waals surface area contributed by atoms with Crippen LogP contribution in [-0.2, 0) is 33.1 Å². The van der Waals surface area contributed by atoms with Crippen LogP contribution in [-0.4, -0.2) is 71.3 Å². The van der Waals surface area contributed by atoms with Crippen LogP contribution in [0.4, 0.5) is 4.79 Å². The van der Waals surface area contributed by atoms with Crippen LogP contribution in [0.2, 0.25) is 5.02 Å². The summed E-state index contributed by atoms with van der Waals surface area (Å²) < 4.78 is 39.1. The molecule has 0 saturated carbocycles. The minimum atomic E-state index is -3.65. The highest BCUT2D eigenvalue weighted by Crippen LogP contribution is 2.41. The molecule has 3 aromatic carbocycles. The maximum Gasteiger partial charge on any atom is 0.506 e. The third-order valence-electron chi connectivity index (χ3n) is 8.53. The third kappa shape index (κ3) is 6.51. The molecule has 0 amide bonds. The Balaban J connectivity index is 1.13. The van der Waals surface area contributed by atoms with Crippen molar-refractivity contribution in [2.45, 2.75) is 49.1 Å². The first-order chi connectivity index (χ1) is 21.1. The van der Waals surface area contributed by atoms with Crippen molar-refractivity contribution in [2.24, 2.45) is 0 Å². The fourth-order valence-corrected chi connectivity index (χ4v) is 7.65. The van der Waals surface area contributed by atoms with Crippen LogP contribution in [0.1, 0.15) is 35.4 Å². The topological polar surface area (TPSA) is 126 Å². The van der Waals surface area contributed by atoms with Gasteiger partial charge >= 0.3 is 6.16 Å². The summed E-state index contributed by atoms with van der Waals surface area (Å²) >= 11 is 6.19. The van der Waals surface area contributed by atoms with Gasteiger partial charge in [0.2, 0.25) is 21.7 Å². The van der Waals surface area contributed by atoms with Crippen molar-refractivity contribution in [1.82, 2.24) is 19.3 Å². The zero-order chi connectivity index (χ0) is 30.9. The van der Waals surface area contributed by atoms with E-state index in [1.807, 2.05) is 67.6 Å². The van der Waals surface area contributed by atoms with Gasteiger partial charge in [0.15, 0.2) is 0 Å². The number of aryl methyl sites for hydroxylation is 2. The Morgan fingerprint density at radius 3 is 2.45 bits per heavy atom. The van der Waals surface area contributed by atoms with E-state index in [0.29, 0.717) is 73.6 Å². The summed E-state index contributed by atoms with van der Waals surface area (Å²) in [5.41, 5.74) is 3.50. The number of nitrogens with zero attached hydrogens (tertiary/aromatic N) is 4. The summed E-state index contributed by atoms with van der Waals surface area (Å²) in [5, 5.41) is 13.6. The van der Waals surface area contributed by atoms with Crippen LogP contribution in [0.3, 0.4) is 0 Å². The summed E-state index contributed by atoms with van der Waals surface area (Å²) in [6, 6.07) is 22.5. The fraction of sp³-hybridized carbons (Fsp3) is 0.344. The van der Waals surface area contributed by atoms with E-state index in [0.717, 1.165) is 22.3 Å². The van der Waals surface area contributed by atoms with Crippen molar-refractivity contribution >= 4 is 27.8 Å². The van der Waals surface area contributed by atoms with Gasteiger partial charge in [0, 0.05) is 55.1 Å². The summed E-state index contributed by atoms with van der Waals surface area (Å²) in [5.74, 6) is 0.975. The molecule has 2 fully saturated rings. The molecule has 6 rings (SSSR count). The Hall–Kier alpha value is -3.77. The molecule has 230 valence electrons. The lowest BCUT2D eigenvalue weighted by Gasteiger charge is -2.37. The molecular weight excluding hydrogens is 604 g/mol. The highest BCUT2D eigenvalue weighted by atomic mass is 35.5. The van der Waals surface area contributed by atoms with Crippen LogP contribution in [0.25, 0.3) is 11.4 Å². The molecule has 0 radical (unpaired) electrons. The minimum absolute atomic E-state index is 0.270. The zero-order valence-corrected chi connectivity index (χ0v) is 25.8. The molecular formula is C32H33ClN4O6S. The van der Waals surface area contributed by atoms with E-state index in [9.17, 15) is 13.2 Å². The molecule has 10 nitrogen and oxygen atoms in total. The van der Waals surface area contributed by atoms with Gasteiger partial charge in [-0.3, -0.25) is 4.90 Å². The summed E-state index contributed by atoms with van der Waals surface area (Å²) in [4.78, 5) is 17.7. The molecule has 44 heavy (non-hydrogen) atoms. The smallest absolute Gasteiger partial charge is 0.450 e. The second-order valence-electron chi connectivity index (χ2n) is 11.6. The van der Waals surface area contributed by atoms with E-state index < -0.39 is 21.6 Å². The number of rotatable bonds is 10. The van der Waals surface area contributed by atoms with Crippen molar-refractivity contribution < 1.29 is 27.6 Å². The Morgan fingerprint density at radius 1 is 1.07 bits per heavy atom. The van der Waals surface area contributed by atoms with Crippen LogP contribution < -0.4 is 0 Å². The summed E-state index contributed by atoms with van der Waals surface area (Å²) in [6.07, 6.45) is 0.254. The number of halogens is 1. The molecule has 1 unspecified atom stereocenters. The van der Waals surface area contributed by atoms with Crippen LogP contribution in [0.15, 0.2) is 82.2 Å². The molecule has 1 N–H and O–H groups in total. The lowest BCUT2D eigenvalue weighted by molar-refractivity contribution is -0.0363. The normalized spacial score (nSPS) is 19.6. The Morgan fingerprint density at radius 2 is 1.77 bits per heavy atom. The first-order valence-electron chi connectivity index (χ1n) is 14.5. The molecule has 3 heterocycles. The number of likely N-dealkylation sites (tertiary alicyclic amines) is 1. The third-order valence-corrected chi connectivity index (χ3v) is 10.6. The maximum absolute atomic E-state index is 13.5. The number of sulfonamides is 1. The van der Waals surface area contributed by atoms with Crippen LogP contribution >= 0.6 is 11.6 Å². The Labute approximate surface area is 261 Å². The van der Waals surface area contributed by atoms with Gasteiger partial charge in [-0.25, -0.2) is 13.2 Å². The maximum atomic E-state index is 13.5. The van der Waals surface area contributed by atoms with Crippen molar-refractivity contribution in [3.8, 4) is 11.4 Å². The van der Waals surface area contributed by atoms with Gasteiger partial charge in [-0.05, 0) is 55.2 Å². The van der Waals surface area contributed by atoms with E-state index in [1.54, 1.807) is 16.4 Å². The standard InChI is InChI=1S/C32H33ClN4O6S/c1-22-2-12-28(13-3-22)44(40,41)37-17-16-32(21-37,25-8-10-26(33)11-9-25)15-14-29-34-30(35-43-29)24-6-4-23(5-7-24)18-36-19-27(20-36)42-31(38)39/h2-13,27H,14-21H2,1H3,(H,38,39). The molecule has 0 bridgehead atoms. The number of hydrogen-bond donors (Lipinski definition) is 1. The van der Waals surface area contributed by atoms with Crippen molar-refractivity contribution in [3.05, 3.63) is 100 Å². The average Bonchev–Trinajstić information content (AvgIpc) is 3.65. The second-order valence-corrected chi connectivity index (χ2v) is 14.0. The monoisotopic (exact) mass is 636 g/mol. The molecule has 2 saturated heterocycles. The first kappa shape index (κ1) is 30.3. The van der Waals surface area contributed by atoms with E-state index in [-0.39, 0.29) is 6.10 Å². The number of benzene rings is 3. The van der Waals surface area contributed by atoms with Crippen molar-refractivity contribution in [1.29, 1.82) is 0 Å². The molecule has 4 aromatic rings. The van der Waals surface area contributed by atoms with Gasteiger partial charge in [-0.1, -0.05) is 70.9 Å². The molecule has 1 atom stereocenters. The summed E-state index contributed by atoms with van der Waals surface area (Å²) in [7, 11) is -3.65. The van der Waals surface area contributed by atoms with E-state index in [1.165, 1.54) is 0 Å². The number of hydrogen-bond acceptors (Lipinski definition) is 8. The SMILES string of the molecule is Cc1ccc(S(=O)(=O)N2CCC(CCc3nc(-c4ccc(CN5CC(OC(=O)O)C5)cc4)no3)(c3ccc(Cl)cc3)C2)cc1. The number of carboxylic acid groups (broad SMARTS) is 1. The molecule has 12 heteroatoms. The van der Waals surface area contributed by atoms with E-state index in [4.69, 9.17) is 26.0 Å². The largest absolute Gasteiger partial charge is 0.506 e. The molecule has 2 aliphatic heterocycles. The molecule has 1 aromatic heterocycles. The van der Waals surface area contributed by atoms with Crippen LogP contribution in [0, 0.1) is 6.92 Å². The van der Waals surface area contributed by atoms with E-state index >= 15 is 0 Å². The summed E-state index contributed by atoms with van der Waals surface area (Å²) in [6.45, 7) is 4.53. The average molecular weight is 637 g/mol. The van der Waals surface area contributed by atoms with Crippen molar-refractivity contribution in [2.75, 3.05) is 26.2 Å². The fourth-order valence-electron chi connectivity index (χ4n) is 5.99. The van der Waals surface area contributed by atoms with Gasteiger partial charge in [-0.15, -0.1) is 0 Å². The first-order valence-corrected chi connectivity index (χ1v) is 16.3. The lowest BCUT2D eigenvalue weighted by atomic mass is 9.76. The number of carbonyl (C=O) groups is 1. The quantitative estimate of drug-likeness (QED) is 0.223. The van der Waals surface area contributed by atoms with Gasteiger partial charge < -0.3 is 14.4 Å². The highest BCUT2D eigenvalue weighted by molar-refractivity contribution is 7.89. The zero-order valence-electron chi connectivity index (χ0n) is 24.2. The van der Waals surface area contributed by atoms with Gasteiger partial charge in [0.25, 0.3) is 0 Å².